The lowest BCUT2D eigenvalue weighted by atomic mass is 10.3. The Hall–Kier alpha value is -0.790. The SMILES string of the molecule is Cl.N[C@@H]1CCN(Cc2cc(C(F)(F)F)n[nH]2)C1. The lowest BCUT2D eigenvalue weighted by molar-refractivity contribution is -0.141. The Morgan fingerprint density at radius 2 is 2.24 bits per heavy atom. The summed E-state index contributed by atoms with van der Waals surface area (Å²) in [5.74, 6) is 0. The molecule has 0 amide bonds. The lowest BCUT2D eigenvalue weighted by Gasteiger charge is -2.12. The summed E-state index contributed by atoms with van der Waals surface area (Å²) in [6.45, 7) is 1.98. The molecule has 2 heterocycles. The van der Waals surface area contributed by atoms with Gasteiger partial charge in [0.1, 0.15) is 0 Å². The van der Waals surface area contributed by atoms with Crippen molar-refractivity contribution >= 4 is 12.4 Å². The number of aromatic nitrogens is 2. The first kappa shape index (κ1) is 14.3. The summed E-state index contributed by atoms with van der Waals surface area (Å²) < 4.78 is 36.8. The van der Waals surface area contributed by atoms with Crippen LogP contribution in [0.1, 0.15) is 17.8 Å². The zero-order valence-corrected chi connectivity index (χ0v) is 9.81. The van der Waals surface area contributed by atoms with E-state index in [1.54, 1.807) is 0 Å². The van der Waals surface area contributed by atoms with Gasteiger partial charge in [-0.15, -0.1) is 12.4 Å². The highest BCUT2D eigenvalue weighted by Gasteiger charge is 2.34. The normalized spacial score (nSPS) is 21.5. The molecule has 1 aliphatic rings. The minimum atomic E-state index is -4.38. The largest absolute Gasteiger partial charge is 0.435 e. The third-order valence-corrected chi connectivity index (χ3v) is 2.62. The Bertz CT molecular complexity index is 365. The first-order chi connectivity index (χ1) is 7.45. The molecule has 1 aliphatic heterocycles. The number of hydrogen-bond donors (Lipinski definition) is 2. The van der Waals surface area contributed by atoms with Crippen LogP contribution in [0.25, 0.3) is 0 Å². The van der Waals surface area contributed by atoms with Crippen LogP contribution < -0.4 is 5.73 Å². The van der Waals surface area contributed by atoms with Crippen LogP contribution in [0, 0.1) is 0 Å². The summed E-state index contributed by atoms with van der Waals surface area (Å²) in [4.78, 5) is 2.01. The van der Waals surface area contributed by atoms with Gasteiger partial charge in [0.25, 0.3) is 0 Å². The average Bonchev–Trinajstić information content (AvgIpc) is 2.74. The Morgan fingerprint density at radius 1 is 1.53 bits per heavy atom. The molecular weight excluding hydrogens is 257 g/mol. The number of rotatable bonds is 2. The van der Waals surface area contributed by atoms with Gasteiger partial charge in [-0.05, 0) is 12.5 Å². The van der Waals surface area contributed by atoms with Gasteiger partial charge in [-0.25, -0.2) is 0 Å². The predicted molar refractivity (Wildman–Crippen MR) is 58.7 cm³/mol. The molecule has 0 spiro atoms. The van der Waals surface area contributed by atoms with Crippen LogP contribution in [-0.2, 0) is 12.7 Å². The highest BCUT2D eigenvalue weighted by Crippen LogP contribution is 2.28. The molecule has 0 bridgehead atoms. The topological polar surface area (TPSA) is 57.9 Å². The number of alkyl halides is 3. The van der Waals surface area contributed by atoms with E-state index in [0.29, 0.717) is 12.2 Å². The lowest BCUT2D eigenvalue weighted by Crippen LogP contribution is -2.26. The molecule has 1 atom stereocenters. The monoisotopic (exact) mass is 270 g/mol. The molecule has 1 saturated heterocycles. The average molecular weight is 271 g/mol. The second kappa shape index (κ2) is 5.24. The molecule has 17 heavy (non-hydrogen) atoms. The highest BCUT2D eigenvalue weighted by atomic mass is 35.5. The van der Waals surface area contributed by atoms with E-state index in [1.165, 1.54) is 0 Å². The molecule has 1 aromatic rings. The molecule has 4 nitrogen and oxygen atoms in total. The summed E-state index contributed by atoms with van der Waals surface area (Å²) in [5, 5.41) is 5.64. The van der Waals surface area contributed by atoms with Crippen LogP contribution in [0.2, 0.25) is 0 Å². The number of nitrogens with two attached hydrogens (primary N) is 1. The smallest absolute Gasteiger partial charge is 0.326 e. The maximum Gasteiger partial charge on any atom is 0.435 e. The van der Waals surface area contributed by atoms with Gasteiger partial charge in [0.05, 0.1) is 0 Å². The molecule has 98 valence electrons. The molecule has 0 aliphatic carbocycles. The van der Waals surface area contributed by atoms with Crippen molar-refractivity contribution in [2.45, 2.75) is 25.2 Å². The van der Waals surface area contributed by atoms with Gasteiger partial charge in [0.2, 0.25) is 0 Å². The standard InChI is InChI=1S/C9H13F3N4.ClH/c10-9(11,12)8-3-7(14-15-8)5-16-2-1-6(13)4-16;/h3,6H,1-2,4-5,13H2,(H,14,15);1H/t6-;/m1./s1. The van der Waals surface area contributed by atoms with Crippen LogP contribution in [0.15, 0.2) is 6.07 Å². The second-order valence-corrected chi connectivity index (χ2v) is 4.06. The molecular formula is C9H14ClF3N4. The molecule has 3 N–H and O–H groups in total. The van der Waals surface area contributed by atoms with E-state index in [1.807, 2.05) is 4.90 Å². The molecule has 8 heteroatoms. The fourth-order valence-electron chi connectivity index (χ4n) is 1.83. The van der Waals surface area contributed by atoms with Crippen molar-refractivity contribution in [2.75, 3.05) is 13.1 Å². The quantitative estimate of drug-likeness (QED) is 0.854. The van der Waals surface area contributed by atoms with Crippen molar-refractivity contribution in [3.8, 4) is 0 Å². The van der Waals surface area contributed by atoms with E-state index in [9.17, 15) is 13.2 Å². The summed E-state index contributed by atoms with van der Waals surface area (Å²) in [6.07, 6.45) is -3.49. The maximum atomic E-state index is 12.3. The van der Waals surface area contributed by atoms with Gasteiger partial charge in [0.15, 0.2) is 5.69 Å². The van der Waals surface area contributed by atoms with Crippen LogP contribution in [-0.4, -0.2) is 34.2 Å². The number of halogens is 4. The van der Waals surface area contributed by atoms with Crippen LogP contribution >= 0.6 is 12.4 Å². The molecule has 0 radical (unpaired) electrons. The van der Waals surface area contributed by atoms with E-state index in [4.69, 9.17) is 5.73 Å². The second-order valence-electron chi connectivity index (χ2n) is 4.06. The Kier molecular flexibility index (Phi) is 4.40. The van der Waals surface area contributed by atoms with Gasteiger partial charge in [-0.1, -0.05) is 0 Å². The first-order valence-corrected chi connectivity index (χ1v) is 5.04. The maximum absolute atomic E-state index is 12.3. The fraction of sp³-hybridized carbons (Fsp3) is 0.667. The molecule has 0 saturated carbocycles. The highest BCUT2D eigenvalue weighted by molar-refractivity contribution is 5.85. The molecule has 0 aromatic carbocycles. The number of H-pyrrole nitrogens is 1. The molecule has 2 rings (SSSR count). The third kappa shape index (κ3) is 3.58. The van der Waals surface area contributed by atoms with Crippen LogP contribution in [0.3, 0.4) is 0 Å². The van der Waals surface area contributed by atoms with Crippen LogP contribution in [0.5, 0.6) is 0 Å². The zero-order valence-electron chi connectivity index (χ0n) is 9.00. The summed E-state index contributed by atoms with van der Waals surface area (Å²) in [6, 6.07) is 1.18. The van der Waals surface area contributed by atoms with Gasteiger partial charge in [0, 0.05) is 31.4 Å². The minimum absolute atomic E-state index is 0. The number of aromatic amines is 1. The van der Waals surface area contributed by atoms with Crippen molar-refractivity contribution in [3.63, 3.8) is 0 Å². The van der Waals surface area contributed by atoms with Crippen molar-refractivity contribution in [2.24, 2.45) is 5.73 Å². The Balaban J connectivity index is 0.00000144. The van der Waals surface area contributed by atoms with Gasteiger partial charge in [-0.2, -0.15) is 18.3 Å². The molecule has 0 unspecified atom stereocenters. The zero-order chi connectivity index (χ0) is 11.8. The van der Waals surface area contributed by atoms with Crippen molar-refractivity contribution in [1.82, 2.24) is 15.1 Å². The summed E-state index contributed by atoms with van der Waals surface area (Å²) >= 11 is 0. The van der Waals surface area contributed by atoms with E-state index in [-0.39, 0.29) is 18.4 Å². The van der Waals surface area contributed by atoms with Crippen molar-refractivity contribution in [1.29, 1.82) is 0 Å². The van der Waals surface area contributed by atoms with E-state index in [2.05, 4.69) is 10.2 Å². The van der Waals surface area contributed by atoms with E-state index < -0.39 is 11.9 Å². The Morgan fingerprint density at radius 3 is 2.71 bits per heavy atom. The molecule has 1 fully saturated rings. The van der Waals surface area contributed by atoms with Gasteiger partial charge in [-0.3, -0.25) is 10.00 Å². The predicted octanol–water partition coefficient (Wildman–Crippen LogP) is 1.38. The number of nitrogens with zero attached hydrogens (tertiary/aromatic N) is 2. The fourth-order valence-corrected chi connectivity index (χ4v) is 1.83. The summed E-state index contributed by atoms with van der Waals surface area (Å²) in [7, 11) is 0. The van der Waals surface area contributed by atoms with E-state index in [0.717, 1.165) is 25.6 Å². The Labute approximate surface area is 103 Å². The number of hydrogen-bond acceptors (Lipinski definition) is 3. The number of likely N-dealkylation sites (tertiary alicyclic amines) is 1. The molecule has 1 aromatic heterocycles. The number of nitrogens with one attached hydrogen (secondary N) is 1. The third-order valence-electron chi connectivity index (χ3n) is 2.62. The van der Waals surface area contributed by atoms with Crippen LogP contribution in [0.4, 0.5) is 13.2 Å². The van der Waals surface area contributed by atoms with Gasteiger partial charge >= 0.3 is 6.18 Å². The minimum Gasteiger partial charge on any atom is -0.326 e. The summed E-state index contributed by atoms with van der Waals surface area (Å²) in [5.41, 5.74) is 5.31. The van der Waals surface area contributed by atoms with Gasteiger partial charge < -0.3 is 5.73 Å². The van der Waals surface area contributed by atoms with Crippen molar-refractivity contribution in [3.05, 3.63) is 17.5 Å². The van der Waals surface area contributed by atoms with E-state index >= 15 is 0 Å². The van der Waals surface area contributed by atoms with Crippen molar-refractivity contribution < 1.29 is 13.2 Å². The first-order valence-electron chi connectivity index (χ1n) is 5.04.